The van der Waals surface area contributed by atoms with E-state index in [0.29, 0.717) is 28.1 Å². The van der Waals surface area contributed by atoms with E-state index in [1.807, 2.05) is 30.3 Å². The number of likely N-dealkylation sites (tertiary alicyclic amines) is 1. The summed E-state index contributed by atoms with van der Waals surface area (Å²) in [6, 6.07) is 14.4. The lowest BCUT2D eigenvalue weighted by Gasteiger charge is -2.23. The summed E-state index contributed by atoms with van der Waals surface area (Å²) in [6.07, 6.45) is 1.69. The summed E-state index contributed by atoms with van der Waals surface area (Å²) in [5.74, 6) is 0.576. The molecule has 0 aliphatic carbocycles. The van der Waals surface area contributed by atoms with Crippen molar-refractivity contribution < 1.29 is 4.79 Å². The molecule has 1 fully saturated rings. The lowest BCUT2D eigenvalue weighted by atomic mass is 10.2. The fourth-order valence-electron chi connectivity index (χ4n) is 3.38. The Morgan fingerprint density at radius 3 is 2.82 bits per heavy atom. The minimum absolute atomic E-state index is 0.111. The number of aromatic nitrogens is 4. The number of nitrogens with one attached hydrogen (secondary N) is 1. The molecule has 0 radical (unpaired) electrons. The molecule has 3 aromatic rings. The monoisotopic (exact) mass is 416 g/mol. The van der Waals surface area contributed by atoms with Gasteiger partial charge >= 0.3 is 0 Å². The van der Waals surface area contributed by atoms with Gasteiger partial charge in [0.25, 0.3) is 0 Å². The lowest BCUT2D eigenvalue weighted by Crippen LogP contribution is -2.39. The van der Waals surface area contributed by atoms with Gasteiger partial charge in [-0.05, 0) is 60.1 Å². The molecule has 7 nitrogen and oxygen atoms in total. The van der Waals surface area contributed by atoms with Crippen molar-refractivity contribution >= 4 is 34.8 Å². The molecule has 2 heterocycles. The number of carbonyl (C=O) groups is 1. The van der Waals surface area contributed by atoms with Gasteiger partial charge in [-0.25, -0.2) is 0 Å². The van der Waals surface area contributed by atoms with E-state index in [9.17, 15) is 4.79 Å². The summed E-state index contributed by atoms with van der Waals surface area (Å²) in [6.45, 7) is 1.27. The zero-order valence-electron chi connectivity index (χ0n) is 14.9. The van der Waals surface area contributed by atoms with Gasteiger partial charge in [0.15, 0.2) is 5.82 Å². The van der Waals surface area contributed by atoms with Crippen LogP contribution in [0.15, 0.2) is 48.5 Å². The van der Waals surface area contributed by atoms with Crippen LogP contribution < -0.4 is 5.32 Å². The fourth-order valence-corrected chi connectivity index (χ4v) is 3.71. The Morgan fingerprint density at radius 1 is 1.18 bits per heavy atom. The smallest absolute Gasteiger partial charge is 0.241 e. The van der Waals surface area contributed by atoms with Crippen molar-refractivity contribution in [3.8, 4) is 5.69 Å². The second-order valence-corrected chi connectivity index (χ2v) is 7.43. The maximum Gasteiger partial charge on any atom is 0.241 e. The highest BCUT2D eigenvalue weighted by atomic mass is 35.5. The third kappa shape index (κ3) is 4.01. The number of benzene rings is 2. The number of halogens is 2. The van der Waals surface area contributed by atoms with Crippen LogP contribution in [-0.2, 0) is 11.3 Å². The highest BCUT2D eigenvalue weighted by Crippen LogP contribution is 2.27. The zero-order chi connectivity index (χ0) is 19.5. The number of nitrogens with zero attached hydrogens (tertiary/aromatic N) is 5. The van der Waals surface area contributed by atoms with E-state index in [-0.39, 0.29) is 11.9 Å². The normalized spacial score (nSPS) is 17.0. The Kier molecular flexibility index (Phi) is 5.57. The predicted octanol–water partition coefficient (Wildman–Crippen LogP) is 3.57. The third-order valence-electron chi connectivity index (χ3n) is 4.73. The van der Waals surface area contributed by atoms with Gasteiger partial charge in [-0.2, -0.15) is 4.68 Å². The van der Waals surface area contributed by atoms with E-state index in [1.165, 1.54) is 0 Å². The molecule has 1 N–H and O–H groups in total. The first-order chi connectivity index (χ1) is 13.6. The first kappa shape index (κ1) is 18.9. The van der Waals surface area contributed by atoms with Crippen molar-refractivity contribution in [3.63, 3.8) is 0 Å². The predicted molar refractivity (Wildman–Crippen MR) is 108 cm³/mol. The number of anilines is 1. The first-order valence-corrected chi connectivity index (χ1v) is 9.70. The summed E-state index contributed by atoms with van der Waals surface area (Å²) in [4.78, 5) is 14.9. The molecule has 9 heteroatoms. The first-order valence-electron chi connectivity index (χ1n) is 8.94. The van der Waals surface area contributed by atoms with E-state index in [1.54, 1.807) is 22.9 Å². The highest BCUT2D eigenvalue weighted by Gasteiger charge is 2.32. The molecule has 1 aromatic heterocycles. The summed E-state index contributed by atoms with van der Waals surface area (Å²) in [5.41, 5.74) is 1.40. The van der Waals surface area contributed by atoms with Crippen molar-refractivity contribution in [1.29, 1.82) is 0 Å². The van der Waals surface area contributed by atoms with E-state index in [0.717, 1.165) is 25.1 Å². The van der Waals surface area contributed by atoms with E-state index < -0.39 is 0 Å². The molecular weight excluding hydrogens is 399 g/mol. The number of hydrogen-bond donors (Lipinski definition) is 1. The minimum Gasteiger partial charge on any atom is -0.323 e. The molecule has 1 atom stereocenters. The third-order valence-corrected chi connectivity index (χ3v) is 5.30. The van der Waals surface area contributed by atoms with E-state index >= 15 is 0 Å². The molecule has 1 amide bonds. The van der Waals surface area contributed by atoms with Crippen molar-refractivity contribution in [3.05, 3.63) is 64.4 Å². The topological polar surface area (TPSA) is 75.9 Å². The number of para-hydroxylation sites is 1. The van der Waals surface area contributed by atoms with E-state index in [2.05, 4.69) is 25.7 Å². The molecule has 1 saturated heterocycles. The van der Waals surface area contributed by atoms with Crippen LogP contribution >= 0.6 is 23.2 Å². The van der Waals surface area contributed by atoms with Gasteiger partial charge in [0.2, 0.25) is 5.91 Å². The van der Waals surface area contributed by atoms with Gasteiger partial charge in [-0.1, -0.05) is 41.4 Å². The Hall–Kier alpha value is -2.48. The average molecular weight is 417 g/mol. The minimum atomic E-state index is -0.282. The van der Waals surface area contributed by atoms with Crippen LogP contribution in [0.2, 0.25) is 10.0 Å². The SMILES string of the molecule is O=C(Nc1cc(Cl)ccc1Cl)[C@H]1CCCN1Cc1nnnn1-c1ccccc1. The van der Waals surface area contributed by atoms with Crippen molar-refractivity contribution in [2.45, 2.75) is 25.4 Å². The van der Waals surface area contributed by atoms with Gasteiger partial charge in [0, 0.05) is 5.02 Å². The Labute approximate surface area is 172 Å². The van der Waals surface area contributed by atoms with Crippen LogP contribution in [0, 0.1) is 0 Å². The molecule has 4 rings (SSSR count). The summed E-state index contributed by atoms with van der Waals surface area (Å²) in [7, 11) is 0. The van der Waals surface area contributed by atoms with Crippen LogP contribution in [0.4, 0.5) is 5.69 Å². The molecule has 0 spiro atoms. The number of carbonyl (C=O) groups excluding carboxylic acids is 1. The standard InChI is InChI=1S/C19H18Cl2N6O/c20-13-8-9-15(21)16(11-13)22-19(28)17-7-4-10-26(17)12-18-23-24-25-27(18)14-5-2-1-3-6-14/h1-3,5-6,8-9,11,17H,4,7,10,12H2,(H,22,28)/t17-/m1/s1. The second kappa shape index (κ2) is 8.26. The number of rotatable bonds is 5. The Morgan fingerprint density at radius 2 is 2.00 bits per heavy atom. The largest absolute Gasteiger partial charge is 0.323 e. The van der Waals surface area contributed by atoms with Crippen LogP contribution in [0.1, 0.15) is 18.7 Å². The summed E-state index contributed by atoms with van der Waals surface area (Å²) < 4.78 is 1.70. The molecule has 144 valence electrons. The fraction of sp³-hybridized carbons (Fsp3) is 0.263. The second-order valence-electron chi connectivity index (χ2n) is 6.58. The van der Waals surface area contributed by atoms with Crippen LogP contribution in [0.3, 0.4) is 0 Å². The molecule has 0 unspecified atom stereocenters. The molecule has 1 aliphatic rings. The number of tetrazole rings is 1. The van der Waals surface area contributed by atoms with Gasteiger partial charge < -0.3 is 5.32 Å². The van der Waals surface area contributed by atoms with Crippen LogP contribution in [-0.4, -0.2) is 43.6 Å². The molecule has 1 aliphatic heterocycles. The van der Waals surface area contributed by atoms with Crippen molar-refractivity contribution in [1.82, 2.24) is 25.1 Å². The quantitative estimate of drug-likeness (QED) is 0.687. The summed E-state index contributed by atoms with van der Waals surface area (Å²) in [5, 5.41) is 15.9. The highest BCUT2D eigenvalue weighted by molar-refractivity contribution is 6.35. The number of hydrogen-bond acceptors (Lipinski definition) is 5. The summed E-state index contributed by atoms with van der Waals surface area (Å²) >= 11 is 12.2. The maximum atomic E-state index is 12.9. The van der Waals surface area contributed by atoms with Gasteiger partial charge in [0.05, 0.1) is 29.0 Å². The van der Waals surface area contributed by atoms with Gasteiger partial charge in [0.1, 0.15) is 0 Å². The van der Waals surface area contributed by atoms with E-state index in [4.69, 9.17) is 23.2 Å². The molecular formula is C19H18Cl2N6O. The number of amides is 1. The van der Waals surface area contributed by atoms with Crippen LogP contribution in [0.25, 0.3) is 5.69 Å². The Bertz CT molecular complexity index is 978. The van der Waals surface area contributed by atoms with Gasteiger partial charge in [-0.15, -0.1) is 5.10 Å². The Balaban J connectivity index is 1.50. The van der Waals surface area contributed by atoms with Gasteiger partial charge in [-0.3, -0.25) is 9.69 Å². The van der Waals surface area contributed by atoms with Crippen LogP contribution in [0.5, 0.6) is 0 Å². The maximum absolute atomic E-state index is 12.9. The molecule has 0 saturated carbocycles. The molecule has 2 aromatic carbocycles. The lowest BCUT2D eigenvalue weighted by molar-refractivity contribution is -0.120. The van der Waals surface area contributed by atoms with Crippen molar-refractivity contribution in [2.75, 3.05) is 11.9 Å². The zero-order valence-corrected chi connectivity index (χ0v) is 16.4. The van der Waals surface area contributed by atoms with Crippen molar-refractivity contribution in [2.24, 2.45) is 0 Å². The molecule has 0 bridgehead atoms. The molecule has 28 heavy (non-hydrogen) atoms. The average Bonchev–Trinajstić information content (AvgIpc) is 3.35.